The number of rotatable bonds is 6. The van der Waals surface area contributed by atoms with Gasteiger partial charge in [0.2, 0.25) is 5.91 Å². The highest BCUT2D eigenvalue weighted by molar-refractivity contribution is 5.82. The summed E-state index contributed by atoms with van der Waals surface area (Å²) in [6, 6.07) is 6.07. The number of nitrogens with zero attached hydrogens (tertiary/aromatic N) is 1. The van der Waals surface area contributed by atoms with Gasteiger partial charge in [-0.15, -0.1) is 0 Å². The van der Waals surface area contributed by atoms with Crippen molar-refractivity contribution < 1.29 is 19.1 Å². The van der Waals surface area contributed by atoms with Crippen LogP contribution in [0.15, 0.2) is 18.2 Å². The Kier molecular flexibility index (Phi) is 6.67. The van der Waals surface area contributed by atoms with Crippen molar-refractivity contribution in [3.05, 3.63) is 23.8 Å². The molecule has 0 aromatic heterocycles. The number of amides is 1. The number of likely N-dealkylation sites (tertiary alicyclic amines) is 1. The van der Waals surface area contributed by atoms with E-state index >= 15 is 0 Å². The largest absolute Gasteiger partial charge is 0.482 e. The molecule has 1 aliphatic heterocycles. The molecule has 1 fully saturated rings. The molecule has 1 aliphatic rings. The number of methoxy groups -OCH3 is 1. The Morgan fingerprint density at radius 3 is 2.52 bits per heavy atom. The number of aryl methyl sites for hydroxylation is 1. The van der Waals surface area contributed by atoms with Gasteiger partial charge in [-0.3, -0.25) is 4.79 Å². The highest BCUT2D eigenvalue weighted by Crippen LogP contribution is 2.24. The number of carbonyl (C=O) groups excluding carboxylic acids is 2. The molecule has 25 heavy (non-hydrogen) atoms. The van der Waals surface area contributed by atoms with Crippen molar-refractivity contribution in [3.63, 3.8) is 0 Å². The van der Waals surface area contributed by atoms with Gasteiger partial charge in [-0.05, 0) is 63.8 Å². The number of ether oxygens (including phenoxy) is 2. The SMILES string of the molecule is COC(=O)COc1ccc(NCC(=O)N2C(C)CCCC2C)c(C)c1. The molecule has 1 saturated heterocycles. The molecule has 1 aromatic rings. The first-order valence-electron chi connectivity index (χ1n) is 8.77. The van der Waals surface area contributed by atoms with Crippen molar-refractivity contribution in [2.45, 2.75) is 52.1 Å². The number of piperidine rings is 1. The van der Waals surface area contributed by atoms with Gasteiger partial charge in [0, 0.05) is 17.8 Å². The predicted octanol–water partition coefficient (Wildman–Crippen LogP) is 2.75. The van der Waals surface area contributed by atoms with E-state index in [9.17, 15) is 9.59 Å². The maximum Gasteiger partial charge on any atom is 0.343 e. The van der Waals surface area contributed by atoms with Gasteiger partial charge < -0.3 is 19.7 Å². The summed E-state index contributed by atoms with van der Waals surface area (Å²) >= 11 is 0. The molecule has 138 valence electrons. The first-order chi connectivity index (χ1) is 11.9. The Morgan fingerprint density at radius 1 is 1.24 bits per heavy atom. The second kappa shape index (κ2) is 8.74. The van der Waals surface area contributed by atoms with E-state index in [4.69, 9.17) is 4.74 Å². The highest BCUT2D eigenvalue weighted by Gasteiger charge is 2.28. The van der Waals surface area contributed by atoms with Crippen LogP contribution in [0.3, 0.4) is 0 Å². The normalized spacial score (nSPS) is 20.1. The summed E-state index contributed by atoms with van der Waals surface area (Å²) < 4.78 is 9.91. The number of nitrogens with one attached hydrogen (secondary N) is 1. The van der Waals surface area contributed by atoms with Crippen LogP contribution in [0, 0.1) is 6.92 Å². The number of anilines is 1. The zero-order valence-electron chi connectivity index (χ0n) is 15.5. The Labute approximate surface area is 149 Å². The summed E-state index contributed by atoms with van der Waals surface area (Å²) in [5, 5.41) is 3.22. The lowest BCUT2D eigenvalue weighted by Crippen LogP contribution is -2.49. The molecule has 1 N–H and O–H groups in total. The van der Waals surface area contributed by atoms with E-state index in [-0.39, 0.29) is 19.1 Å². The summed E-state index contributed by atoms with van der Waals surface area (Å²) in [6.07, 6.45) is 3.33. The Balaban J connectivity index is 1.92. The van der Waals surface area contributed by atoms with Gasteiger partial charge in [0.25, 0.3) is 0 Å². The third kappa shape index (κ3) is 5.11. The first kappa shape index (κ1) is 19.1. The van der Waals surface area contributed by atoms with Crippen LogP contribution in [0.2, 0.25) is 0 Å². The number of benzene rings is 1. The zero-order valence-corrected chi connectivity index (χ0v) is 15.5. The molecular formula is C19H28N2O4. The molecule has 1 amide bonds. The monoisotopic (exact) mass is 348 g/mol. The molecular weight excluding hydrogens is 320 g/mol. The molecule has 0 spiro atoms. The molecule has 1 heterocycles. The molecule has 2 unspecified atom stereocenters. The van der Waals surface area contributed by atoms with Crippen LogP contribution in [0.25, 0.3) is 0 Å². The smallest absolute Gasteiger partial charge is 0.343 e. The number of hydrogen-bond acceptors (Lipinski definition) is 5. The van der Waals surface area contributed by atoms with Crippen LogP contribution in [-0.4, -0.2) is 49.1 Å². The second-order valence-corrected chi connectivity index (χ2v) is 6.63. The fourth-order valence-corrected chi connectivity index (χ4v) is 3.30. The highest BCUT2D eigenvalue weighted by atomic mass is 16.6. The summed E-state index contributed by atoms with van der Waals surface area (Å²) in [7, 11) is 1.32. The average molecular weight is 348 g/mol. The van der Waals surface area contributed by atoms with Gasteiger partial charge in [0.15, 0.2) is 6.61 Å². The van der Waals surface area contributed by atoms with E-state index in [1.54, 1.807) is 6.07 Å². The molecule has 6 heteroatoms. The van der Waals surface area contributed by atoms with E-state index in [2.05, 4.69) is 23.9 Å². The topological polar surface area (TPSA) is 67.9 Å². The van der Waals surface area contributed by atoms with Crippen molar-refractivity contribution in [2.24, 2.45) is 0 Å². The molecule has 0 bridgehead atoms. The van der Waals surface area contributed by atoms with E-state index < -0.39 is 5.97 Å². The zero-order chi connectivity index (χ0) is 18.4. The van der Waals surface area contributed by atoms with Crippen LogP contribution >= 0.6 is 0 Å². The summed E-state index contributed by atoms with van der Waals surface area (Å²) in [5.41, 5.74) is 1.84. The molecule has 0 aliphatic carbocycles. The third-order valence-corrected chi connectivity index (χ3v) is 4.69. The van der Waals surface area contributed by atoms with Crippen LogP contribution in [0.4, 0.5) is 5.69 Å². The molecule has 2 atom stereocenters. The standard InChI is InChI=1S/C19H28N2O4/c1-13-10-16(25-12-19(23)24-4)8-9-17(13)20-11-18(22)21-14(2)6-5-7-15(21)3/h8-10,14-15,20H,5-7,11-12H2,1-4H3. The van der Waals surface area contributed by atoms with E-state index in [0.717, 1.165) is 24.1 Å². The first-order valence-corrected chi connectivity index (χ1v) is 8.77. The number of esters is 1. The lowest BCUT2D eigenvalue weighted by Gasteiger charge is -2.39. The van der Waals surface area contributed by atoms with Crippen molar-refractivity contribution in [3.8, 4) is 5.75 Å². The predicted molar refractivity (Wildman–Crippen MR) is 96.8 cm³/mol. The third-order valence-electron chi connectivity index (χ3n) is 4.69. The number of hydrogen-bond donors (Lipinski definition) is 1. The van der Waals surface area contributed by atoms with Crippen molar-refractivity contribution in [2.75, 3.05) is 25.6 Å². The Hall–Kier alpha value is -2.24. The minimum atomic E-state index is -0.421. The summed E-state index contributed by atoms with van der Waals surface area (Å²) in [6.45, 7) is 6.33. The summed E-state index contributed by atoms with van der Waals surface area (Å²) in [5.74, 6) is 0.304. The van der Waals surface area contributed by atoms with Crippen molar-refractivity contribution in [1.82, 2.24) is 4.90 Å². The molecule has 0 radical (unpaired) electrons. The van der Waals surface area contributed by atoms with E-state index in [0.29, 0.717) is 17.8 Å². The maximum absolute atomic E-state index is 12.6. The molecule has 0 saturated carbocycles. The van der Waals surface area contributed by atoms with Gasteiger partial charge in [-0.25, -0.2) is 4.79 Å². The van der Waals surface area contributed by atoms with Crippen LogP contribution < -0.4 is 10.1 Å². The maximum atomic E-state index is 12.6. The fraction of sp³-hybridized carbons (Fsp3) is 0.579. The van der Waals surface area contributed by atoms with Gasteiger partial charge >= 0.3 is 5.97 Å². The van der Waals surface area contributed by atoms with Crippen LogP contribution in [0.5, 0.6) is 5.75 Å². The fourth-order valence-electron chi connectivity index (χ4n) is 3.30. The average Bonchev–Trinajstić information content (AvgIpc) is 2.58. The molecule has 6 nitrogen and oxygen atoms in total. The second-order valence-electron chi connectivity index (χ2n) is 6.63. The minimum absolute atomic E-state index is 0.119. The minimum Gasteiger partial charge on any atom is -0.482 e. The quantitative estimate of drug-likeness (QED) is 0.801. The lowest BCUT2D eigenvalue weighted by molar-refractivity contribution is -0.143. The van der Waals surface area contributed by atoms with Crippen molar-refractivity contribution >= 4 is 17.6 Å². The van der Waals surface area contributed by atoms with E-state index in [1.807, 2.05) is 24.0 Å². The number of carbonyl (C=O) groups is 2. The van der Waals surface area contributed by atoms with Gasteiger partial charge in [0.05, 0.1) is 13.7 Å². The summed E-state index contributed by atoms with van der Waals surface area (Å²) in [4.78, 5) is 25.7. The lowest BCUT2D eigenvalue weighted by atomic mass is 9.97. The van der Waals surface area contributed by atoms with E-state index in [1.165, 1.54) is 13.5 Å². The van der Waals surface area contributed by atoms with Gasteiger partial charge in [-0.2, -0.15) is 0 Å². The van der Waals surface area contributed by atoms with Gasteiger partial charge in [-0.1, -0.05) is 0 Å². The molecule has 2 rings (SSSR count). The van der Waals surface area contributed by atoms with Gasteiger partial charge in [0.1, 0.15) is 5.75 Å². The Morgan fingerprint density at radius 2 is 1.92 bits per heavy atom. The Bertz CT molecular complexity index is 607. The molecule has 1 aromatic carbocycles. The van der Waals surface area contributed by atoms with Crippen LogP contribution in [0.1, 0.15) is 38.7 Å². The van der Waals surface area contributed by atoms with Crippen molar-refractivity contribution in [1.29, 1.82) is 0 Å². The van der Waals surface area contributed by atoms with Crippen LogP contribution in [-0.2, 0) is 14.3 Å².